The minimum absolute atomic E-state index is 0.169. The zero-order valence-corrected chi connectivity index (χ0v) is 8.30. The van der Waals surface area contributed by atoms with Gasteiger partial charge in [0.25, 0.3) is 0 Å². The van der Waals surface area contributed by atoms with Gasteiger partial charge in [-0.1, -0.05) is 0 Å². The van der Waals surface area contributed by atoms with Crippen molar-refractivity contribution in [3.63, 3.8) is 0 Å². The number of phenolic OH excluding ortho intramolecular Hbond substituents is 2. The molecule has 0 radical (unpaired) electrons. The monoisotopic (exact) mass is 210 g/mol. The maximum atomic E-state index is 9.56. The number of rotatable bonds is 4. The molecule has 0 amide bonds. The summed E-state index contributed by atoms with van der Waals surface area (Å²) >= 11 is 0. The van der Waals surface area contributed by atoms with Crippen LogP contribution < -0.4 is 0 Å². The molecule has 0 saturated carbocycles. The number of aldehydes is 2. The van der Waals surface area contributed by atoms with Crippen LogP contribution in [-0.4, -0.2) is 22.8 Å². The standard InChI is InChI=1S/C6H6O2.C5H8O2/c7-5-1-2-6(8)4-3-5;6-4-2-1-3-5-7/h1-4,7-8H;4-5H,1-3H2. The molecule has 0 heterocycles. The van der Waals surface area contributed by atoms with Gasteiger partial charge in [0.05, 0.1) is 0 Å². The lowest BCUT2D eigenvalue weighted by atomic mass is 10.3. The molecule has 2 N–H and O–H groups in total. The van der Waals surface area contributed by atoms with Gasteiger partial charge in [-0.2, -0.15) is 0 Å². The second kappa shape index (κ2) is 8.74. The Balaban J connectivity index is 0.000000265. The van der Waals surface area contributed by atoms with E-state index in [0.29, 0.717) is 19.3 Å². The normalized spacial score (nSPS) is 8.53. The zero-order valence-electron chi connectivity index (χ0n) is 8.30. The molecule has 0 saturated heterocycles. The van der Waals surface area contributed by atoms with E-state index in [2.05, 4.69) is 0 Å². The van der Waals surface area contributed by atoms with Gasteiger partial charge in [0, 0.05) is 12.8 Å². The molecule has 0 aromatic heterocycles. The molecule has 0 aliphatic rings. The van der Waals surface area contributed by atoms with Crippen LogP contribution in [0.25, 0.3) is 0 Å². The molecule has 82 valence electrons. The summed E-state index contributed by atoms with van der Waals surface area (Å²) in [7, 11) is 0. The molecular formula is C11H14O4. The fraction of sp³-hybridized carbons (Fsp3) is 0.273. The van der Waals surface area contributed by atoms with E-state index in [9.17, 15) is 9.59 Å². The molecule has 4 nitrogen and oxygen atoms in total. The fourth-order valence-corrected chi connectivity index (χ4v) is 0.737. The second-order valence-corrected chi connectivity index (χ2v) is 2.78. The summed E-state index contributed by atoms with van der Waals surface area (Å²) in [6, 6.07) is 5.70. The Morgan fingerprint density at radius 3 is 1.47 bits per heavy atom. The number of hydrogen-bond donors (Lipinski definition) is 2. The first-order chi connectivity index (χ1) is 7.20. The Labute approximate surface area is 88.2 Å². The van der Waals surface area contributed by atoms with Crippen molar-refractivity contribution >= 4 is 12.6 Å². The summed E-state index contributed by atoms with van der Waals surface area (Å²) in [6.07, 6.45) is 3.37. The molecule has 0 aliphatic carbocycles. The predicted molar refractivity (Wildman–Crippen MR) is 55.8 cm³/mol. The van der Waals surface area contributed by atoms with Crippen molar-refractivity contribution in [3.8, 4) is 11.5 Å². The number of hydrogen-bond acceptors (Lipinski definition) is 4. The lowest BCUT2D eigenvalue weighted by Crippen LogP contribution is -1.76. The highest BCUT2D eigenvalue weighted by atomic mass is 16.3. The Morgan fingerprint density at radius 1 is 0.867 bits per heavy atom. The van der Waals surface area contributed by atoms with Crippen LogP contribution in [0.2, 0.25) is 0 Å². The number of carbonyl (C=O) groups is 2. The van der Waals surface area contributed by atoms with Crippen LogP contribution in [0.4, 0.5) is 0 Å². The molecule has 4 heteroatoms. The van der Waals surface area contributed by atoms with E-state index in [-0.39, 0.29) is 11.5 Å². The Hall–Kier alpha value is -1.84. The topological polar surface area (TPSA) is 74.6 Å². The lowest BCUT2D eigenvalue weighted by Gasteiger charge is -1.88. The van der Waals surface area contributed by atoms with Gasteiger partial charge in [0.2, 0.25) is 0 Å². The van der Waals surface area contributed by atoms with Gasteiger partial charge in [-0.15, -0.1) is 0 Å². The Kier molecular flexibility index (Phi) is 7.67. The number of carbonyl (C=O) groups excluding carboxylic acids is 2. The van der Waals surface area contributed by atoms with Crippen LogP contribution in [-0.2, 0) is 9.59 Å². The minimum atomic E-state index is 0.169. The maximum absolute atomic E-state index is 9.56. The molecule has 0 fully saturated rings. The van der Waals surface area contributed by atoms with Crippen molar-refractivity contribution in [2.24, 2.45) is 0 Å². The first-order valence-electron chi connectivity index (χ1n) is 4.56. The predicted octanol–water partition coefficient (Wildman–Crippen LogP) is 1.65. The van der Waals surface area contributed by atoms with E-state index in [1.54, 1.807) is 0 Å². The molecule has 0 unspecified atom stereocenters. The minimum Gasteiger partial charge on any atom is -0.508 e. The molecular weight excluding hydrogens is 196 g/mol. The summed E-state index contributed by atoms with van der Waals surface area (Å²) in [5, 5.41) is 17.3. The fourth-order valence-electron chi connectivity index (χ4n) is 0.737. The van der Waals surface area contributed by atoms with Crippen molar-refractivity contribution in [3.05, 3.63) is 24.3 Å². The lowest BCUT2D eigenvalue weighted by molar-refractivity contribution is -0.108. The third kappa shape index (κ3) is 8.49. The molecule has 1 rings (SSSR count). The van der Waals surface area contributed by atoms with Crippen molar-refractivity contribution in [1.29, 1.82) is 0 Å². The summed E-state index contributed by atoms with van der Waals surface area (Å²) in [6.45, 7) is 0. The van der Waals surface area contributed by atoms with Crippen LogP contribution in [0.15, 0.2) is 24.3 Å². The third-order valence-electron chi connectivity index (χ3n) is 1.49. The second-order valence-electron chi connectivity index (χ2n) is 2.78. The quantitative estimate of drug-likeness (QED) is 0.450. The largest absolute Gasteiger partial charge is 0.508 e. The third-order valence-corrected chi connectivity index (χ3v) is 1.49. The molecule has 0 aliphatic heterocycles. The Bertz CT molecular complexity index is 250. The van der Waals surface area contributed by atoms with E-state index in [0.717, 1.165) is 12.6 Å². The summed E-state index contributed by atoms with van der Waals surface area (Å²) in [4.78, 5) is 19.1. The highest BCUT2D eigenvalue weighted by Crippen LogP contribution is 2.13. The number of unbranched alkanes of at least 4 members (excludes halogenated alkanes) is 2. The average Bonchev–Trinajstić information content (AvgIpc) is 2.24. The van der Waals surface area contributed by atoms with Gasteiger partial charge in [0.15, 0.2) is 0 Å². The van der Waals surface area contributed by atoms with Gasteiger partial charge in [0.1, 0.15) is 24.1 Å². The Morgan fingerprint density at radius 2 is 1.20 bits per heavy atom. The van der Waals surface area contributed by atoms with Crippen LogP contribution in [0.5, 0.6) is 11.5 Å². The van der Waals surface area contributed by atoms with Gasteiger partial charge in [-0.25, -0.2) is 0 Å². The van der Waals surface area contributed by atoms with Crippen LogP contribution in [0.3, 0.4) is 0 Å². The van der Waals surface area contributed by atoms with Crippen molar-refractivity contribution < 1.29 is 19.8 Å². The van der Waals surface area contributed by atoms with Gasteiger partial charge < -0.3 is 19.8 Å². The number of aromatic hydroxyl groups is 2. The van der Waals surface area contributed by atoms with Crippen LogP contribution in [0.1, 0.15) is 19.3 Å². The van der Waals surface area contributed by atoms with Crippen molar-refractivity contribution in [2.75, 3.05) is 0 Å². The number of phenols is 2. The highest BCUT2D eigenvalue weighted by molar-refractivity contribution is 5.52. The first-order valence-corrected chi connectivity index (χ1v) is 4.56. The molecule has 0 atom stereocenters. The maximum Gasteiger partial charge on any atom is 0.120 e. The van der Waals surface area contributed by atoms with E-state index in [1.807, 2.05) is 0 Å². The molecule has 1 aromatic carbocycles. The summed E-state index contributed by atoms with van der Waals surface area (Å²) in [5.41, 5.74) is 0. The smallest absolute Gasteiger partial charge is 0.120 e. The van der Waals surface area contributed by atoms with Gasteiger partial charge >= 0.3 is 0 Å². The first kappa shape index (κ1) is 13.2. The molecule has 0 spiro atoms. The summed E-state index contributed by atoms with van der Waals surface area (Å²) in [5.74, 6) is 0.339. The van der Waals surface area contributed by atoms with E-state index < -0.39 is 0 Å². The zero-order chi connectivity index (χ0) is 11.5. The van der Waals surface area contributed by atoms with Crippen LogP contribution in [0, 0.1) is 0 Å². The average molecular weight is 210 g/mol. The highest BCUT2D eigenvalue weighted by Gasteiger charge is 1.84. The van der Waals surface area contributed by atoms with Crippen molar-refractivity contribution in [1.82, 2.24) is 0 Å². The van der Waals surface area contributed by atoms with Gasteiger partial charge in [-0.05, 0) is 30.7 Å². The molecule has 1 aromatic rings. The number of benzene rings is 1. The van der Waals surface area contributed by atoms with E-state index in [4.69, 9.17) is 10.2 Å². The van der Waals surface area contributed by atoms with E-state index >= 15 is 0 Å². The van der Waals surface area contributed by atoms with Crippen molar-refractivity contribution in [2.45, 2.75) is 19.3 Å². The molecule has 15 heavy (non-hydrogen) atoms. The van der Waals surface area contributed by atoms with Crippen LogP contribution >= 0.6 is 0 Å². The summed E-state index contributed by atoms with van der Waals surface area (Å²) < 4.78 is 0. The van der Waals surface area contributed by atoms with E-state index in [1.165, 1.54) is 24.3 Å². The SMILES string of the molecule is O=CCCCC=O.Oc1ccc(O)cc1. The molecule has 0 bridgehead atoms. The van der Waals surface area contributed by atoms with Gasteiger partial charge in [-0.3, -0.25) is 0 Å².